The van der Waals surface area contributed by atoms with E-state index in [2.05, 4.69) is 24.3 Å². The van der Waals surface area contributed by atoms with Gasteiger partial charge in [-0.25, -0.2) is 0 Å². The first-order valence-electron chi connectivity index (χ1n) is 6.00. The Hall–Kier alpha value is -1.84. The first kappa shape index (κ1) is 11.3. The lowest BCUT2D eigenvalue weighted by molar-refractivity contribution is 0.405. The number of rotatable bonds is 2. The van der Waals surface area contributed by atoms with Gasteiger partial charge in [0.05, 0.1) is 0 Å². The predicted molar refractivity (Wildman–Crippen MR) is 75.3 cm³/mol. The van der Waals surface area contributed by atoms with Crippen LogP contribution in [-0.2, 0) is 6.32 Å². The maximum absolute atomic E-state index is 9.01. The second kappa shape index (κ2) is 4.44. The topological polar surface area (TPSA) is 40.5 Å². The van der Waals surface area contributed by atoms with Crippen LogP contribution in [0.2, 0.25) is 0 Å². The van der Waals surface area contributed by atoms with Gasteiger partial charge >= 0.3 is 7.12 Å². The van der Waals surface area contributed by atoms with E-state index in [0.717, 1.165) is 10.9 Å². The minimum atomic E-state index is -1.29. The van der Waals surface area contributed by atoms with E-state index in [9.17, 15) is 0 Å². The fraction of sp³-hybridized carbons (Fsp3) is 0.0667. The van der Waals surface area contributed by atoms with Crippen molar-refractivity contribution in [3.05, 3.63) is 60.2 Å². The summed E-state index contributed by atoms with van der Waals surface area (Å²) in [7, 11) is -1.29. The van der Waals surface area contributed by atoms with Crippen LogP contribution in [0.15, 0.2) is 54.6 Å². The molecule has 0 atom stereocenters. The summed E-state index contributed by atoms with van der Waals surface area (Å²) < 4.78 is 0. The van der Waals surface area contributed by atoms with Crippen molar-refractivity contribution in [1.82, 2.24) is 0 Å². The first-order valence-corrected chi connectivity index (χ1v) is 6.00. The maximum Gasteiger partial charge on any atom is 0.456 e. The molecular weight excluding hydrogens is 223 g/mol. The largest absolute Gasteiger partial charge is 0.456 e. The third kappa shape index (κ3) is 2.10. The Balaban J connectivity index is 2.18. The molecule has 0 radical (unpaired) electrons. The minimum absolute atomic E-state index is 0.267. The van der Waals surface area contributed by atoms with E-state index in [0.29, 0.717) is 0 Å². The third-order valence-corrected chi connectivity index (χ3v) is 3.19. The molecule has 0 aliphatic rings. The van der Waals surface area contributed by atoms with Gasteiger partial charge in [-0.15, -0.1) is 0 Å². The molecule has 0 bridgehead atoms. The van der Waals surface area contributed by atoms with Gasteiger partial charge in [0.15, 0.2) is 0 Å². The molecule has 3 heteroatoms. The quantitative estimate of drug-likeness (QED) is 0.530. The first-order chi connectivity index (χ1) is 8.72. The van der Waals surface area contributed by atoms with Crippen molar-refractivity contribution in [2.24, 2.45) is 0 Å². The van der Waals surface area contributed by atoms with E-state index in [-0.39, 0.29) is 6.32 Å². The zero-order chi connectivity index (χ0) is 12.5. The number of benzene rings is 3. The fourth-order valence-electron chi connectivity index (χ4n) is 2.33. The fourth-order valence-corrected chi connectivity index (χ4v) is 2.33. The van der Waals surface area contributed by atoms with Gasteiger partial charge in [0.2, 0.25) is 0 Å². The molecule has 3 aromatic carbocycles. The summed E-state index contributed by atoms with van der Waals surface area (Å²) in [4.78, 5) is 0. The van der Waals surface area contributed by atoms with Crippen LogP contribution >= 0.6 is 0 Å². The van der Waals surface area contributed by atoms with E-state index < -0.39 is 7.12 Å². The second-order valence-electron chi connectivity index (χ2n) is 4.57. The lowest BCUT2D eigenvalue weighted by Crippen LogP contribution is -2.14. The van der Waals surface area contributed by atoms with Crippen molar-refractivity contribution in [3.8, 4) is 0 Å². The summed E-state index contributed by atoms with van der Waals surface area (Å²) in [5.41, 5.74) is 0.938. The molecule has 0 fully saturated rings. The van der Waals surface area contributed by atoms with E-state index in [4.69, 9.17) is 10.0 Å². The summed E-state index contributed by atoms with van der Waals surface area (Å²) in [6.07, 6.45) is 0.267. The van der Waals surface area contributed by atoms with Gasteiger partial charge in [-0.2, -0.15) is 0 Å². The number of hydrogen-bond acceptors (Lipinski definition) is 2. The molecule has 0 amide bonds. The van der Waals surface area contributed by atoms with Crippen molar-refractivity contribution < 1.29 is 10.0 Å². The lowest BCUT2D eigenvalue weighted by atomic mass is 9.81. The molecule has 0 heterocycles. The summed E-state index contributed by atoms with van der Waals surface area (Å²) in [5, 5.41) is 22.7. The molecule has 3 aromatic rings. The maximum atomic E-state index is 9.01. The molecule has 0 aromatic heterocycles. The second-order valence-corrected chi connectivity index (χ2v) is 4.57. The minimum Gasteiger partial charge on any atom is -0.427 e. The zero-order valence-electron chi connectivity index (χ0n) is 9.88. The average Bonchev–Trinajstić information content (AvgIpc) is 2.35. The number of fused-ring (bicyclic) bond motifs is 2. The van der Waals surface area contributed by atoms with Crippen LogP contribution in [0.25, 0.3) is 21.5 Å². The van der Waals surface area contributed by atoms with Gasteiger partial charge in [0.1, 0.15) is 0 Å². The monoisotopic (exact) mass is 236 g/mol. The molecule has 88 valence electrons. The van der Waals surface area contributed by atoms with Gasteiger partial charge in [0.25, 0.3) is 0 Å². The Labute approximate surface area is 106 Å². The van der Waals surface area contributed by atoms with E-state index in [1.807, 2.05) is 30.3 Å². The molecule has 3 rings (SSSR count). The average molecular weight is 236 g/mol. The highest BCUT2D eigenvalue weighted by Gasteiger charge is 2.08. The van der Waals surface area contributed by atoms with E-state index >= 15 is 0 Å². The zero-order valence-corrected chi connectivity index (χ0v) is 9.88. The molecule has 0 saturated heterocycles. The van der Waals surface area contributed by atoms with Crippen LogP contribution in [0.5, 0.6) is 0 Å². The van der Waals surface area contributed by atoms with Crippen LogP contribution < -0.4 is 0 Å². The SMILES string of the molecule is OB(O)Cc1ccc2cc3ccccc3cc2c1. The predicted octanol–water partition coefficient (Wildman–Crippen LogP) is 2.55. The molecule has 0 aliphatic heterocycles. The number of hydrogen-bond donors (Lipinski definition) is 2. The molecule has 0 saturated carbocycles. The molecular formula is C15H13BO2. The smallest absolute Gasteiger partial charge is 0.427 e. The molecule has 0 aliphatic carbocycles. The van der Waals surface area contributed by atoms with E-state index in [1.165, 1.54) is 16.2 Å². The van der Waals surface area contributed by atoms with Crippen LogP contribution in [-0.4, -0.2) is 17.2 Å². The van der Waals surface area contributed by atoms with Gasteiger partial charge < -0.3 is 10.0 Å². The Morgan fingerprint density at radius 1 is 0.722 bits per heavy atom. The summed E-state index contributed by atoms with van der Waals surface area (Å²) in [6, 6.07) is 18.5. The Kier molecular flexibility index (Phi) is 2.78. The molecule has 18 heavy (non-hydrogen) atoms. The standard InChI is InChI=1S/C15H13BO2/c17-16(18)10-11-5-6-14-8-12-3-1-2-4-13(12)9-15(14)7-11/h1-9,17-18H,10H2. The van der Waals surface area contributed by atoms with Crippen molar-refractivity contribution in [3.63, 3.8) is 0 Å². The normalized spacial score (nSPS) is 11.0. The molecule has 0 spiro atoms. The van der Waals surface area contributed by atoms with E-state index in [1.54, 1.807) is 0 Å². The van der Waals surface area contributed by atoms with Crippen LogP contribution in [0.3, 0.4) is 0 Å². The molecule has 0 unspecified atom stereocenters. The lowest BCUT2D eigenvalue weighted by Gasteiger charge is -2.05. The van der Waals surface area contributed by atoms with Crippen molar-refractivity contribution >= 4 is 28.7 Å². The van der Waals surface area contributed by atoms with Crippen molar-refractivity contribution in [1.29, 1.82) is 0 Å². The van der Waals surface area contributed by atoms with Crippen LogP contribution in [0, 0.1) is 0 Å². The van der Waals surface area contributed by atoms with Crippen LogP contribution in [0.4, 0.5) is 0 Å². The summed E-state index contributed by atoms with van der Waals surface area (Å²) in [5.74, 6) is 0. The Morgan fingerprint density at radius 3 is 2.00 bits per heavy atom. The highest BCUT2D eigenvalue weighted by molar-refractivity contribution is 6.40. The highest BCUT2D eigenvalue weighted by atomic mass is 16.4. The summed E-state index contributed by atoms with van der Waals surface area (Å²) in [6.45, 7) is 0. The highest BCUT2D eigenvalue weighted by Crippen LogP contribution is 2.23. The van der Waals surface area contributed by atoms with Crippen molar-refractivity contribution in [2.75, 3.05) is 0 Å². The van der Waals surface area contributed by atoms with Gasteiger partial charge in [0, 0.05) is 6.32 Å². The van der Waals surface area contributed by atoms with Gasteiger partial charge in [-0.3, -0.25) is 0 Å². The Morgan fingerprint density at radius 2 is 1.33 bits per heavy atom. The van der Waals surface area contributed by atoms with Crippen LogP contribution in [0.1, 0.15) is 5.56 Å². The third-order valence-electron chi connectivity index (χ3n) is 3.19. The Bertz CT molecular complexity index is 707. The summed E-state index contributed by atoms with van der Waals surface area (Å²) >= 11 is 0. The van der Waals surface area contributed by atoms with Crippen molar-refractivity contribution in [2.45, 2.75) is 6.32 Å². The van der Waals surface area contributed by atoms with Gasteiger partial charge in [-0.1, -0.05) is 42.5 Å². The molecule has 2 N–H and O–H groups in total. The molecule has 2 nitrogen and oxygen atoms in total. The van der Waals surface area contributed by atoms with Gasteiger partial charge in [-0.05, 0) is 39.2 Å².